The lowest BCUT2D eigenvalue weighted by Gasteiger charge is -2.37. The largest absolute Gasteiger partial charge is 0.454 e. The van der Waals surface area contributed by atoms with Gasteiger partial charge in [-0.1, -0.05) is 30.3 Å². The Balaban J connectivity index is 1.18. The predicted octanol–water partition coefficient (Wildman–Crippen LogP) is 3.75. The molecule has 1 amide bonds. The van der Waals surface area contributed by atoms with E-state index in [0.29, 0.717) is 23.7 Å². The van der Waals surface area contributed by atoms with Gasteiger partial charge in [-0.3, -0.25) is 4.79 Å². The van der Waals surface area contributed by atoms with Crippen LogP contribution in [0.15, 0.2) is 66.7 Å². The van der Waals surface area contributed by atoms with Crippen molar-refractivity contribution in [2.24, 2.45) is 0 Å². The third-order valence-electron chi connectivity index (χ3n) is 6.54. The lowest BCUT2D eigenvalue weighted by molar-refractivity contribution is 0.0946. The number of ether oxygens (including phenoxy) is 2. The third kappa shape index (κ3) is 4.24. The topological polar surface area (TPSA) is 79.8 Å². The number of carbonyl (C=O) groups is 1. The number of aromatic nitrogens is 2. The summed E-state index contributed by atoms with van der Waals surface area (Å²) in [6.45, 7) is 3.58. The van der Waals surface area contributed by atoms with E-state index in [0.717, 1.165) is 54.0 Å². The minimum absolute atomic E-state index is 0.209. The molecular weight excluding hydrogens is 461 g/mol. The number of piperazine rings is 1. The van der Waals surface area contributed by atoms with Gasteiger partial charge in [0.25, 0.3) is 5.91 Å². The van der Waals surface area contributed by atoms with Crippen LogP contribution in [0.4, 0.5) is 15.9 Å². The first-order chi connectivity index (χ1) is 17.7. The summed E-state index contributed by atoms with van der Waals surface area (Å²) < 4.78 is 24.0. The molecule has 36 heavy (non-hydrogen) atoms. The highest BCUT2D eigenvalue weighted by Gasteiger charge is 2.23. The van der Waals surface area contributed by atoms with Crippen molar-refractivity contribution in [1.29, 1.82) is 0 Å². The first-order valence-electron chi connectivity index (χ1n) is 11.8. The maximum absolute atomic E-state index is 13.3. The minimum Gasteiger partial charge on any atom is -0.454 e. The number of rotatable bonds is 5. The van der Waals surface area contributed by atoms with Crippen LogP contribution in [0.3, 0.4) is 0 Å². The summed E-state index contributed by atoms with van der Waals surface area (Å²) >= 11 is 0. The number of carbonyl (C=O) groups excluding carboxylic acids is 1. The van der Waals surface area contributed by atoms with E-state index in [2.05, 4.69) is 25.3 Å². The zero-order valence-corrected chi connectivity index (χ0v) is 19.5. The molecule has 3 heterocycles. The Bertz CT molecular complexity index is 1420. The van der Waals surface area contributed by atoms with Gasteiger partial charge in [0, 0.05) is 49.2 Å². The summed E-state index contributed by atoms with van der Waals surface area (Å²) in [5.74, 6) is 1.62. The predicted molar refractivity (Wildman–Crippen MR) is 134 cm³/mol. The van der Waals surface area contributed by atoms with Gasteiger partial charge in [0.15, 0.2) is 23.0 Å². The number of benzene rings is 3. The van der Waals surface area contributed by atoms with Crippen molar-refractivity contribution in [3.05, 3.63) is 83.8 Å². The van der Waals surface area contributed by atoms with Gasteiger partial charge in [-0.15, -0.1) is 10.2 Å². The summed E-state index contributed by atoms with van der Waals surface area (Å²) in [6.07, 6.45) is 0. The fourth-order valence-corrected chi connectivity index (χ4v) is 4.64. The molecule has 8 nitrogen and oxygen atoms in total. The highest BCUT2D eigenvalue weighted by molar-refractivity contribution is 6.07. The van der Waals surface area contributed by atoms with Gasteiger partial charge in [-0.05, 0) is 42.0 Å². The second-order valence-corrected chi connectivity index (χ2v) is 8.74. The van der Waals surface area contributed by atoms with Crippen LogP contribution in [0.2, 0.25) is 0 Å². The zero-order chi connectivity index (χ0) is 24.5. The van der Waals surface area contributed by atoms with E-state index in [4.69, 9.17) is 9.47 Å². The van der Waals surface area contributed by atoms with E-state index in [9.17, 15) is 9.18 Å². The van der Waals surface area contributed by atoms with Crippen molar-refractivity contribution in [2.75, 3.05) is 42.8 Å². The number of nitrogens with zero attached hydrogens (tertiary/aromatic N) is 4. The molecule has 1 fully saturated rings. The van der Waals surface area contributed by atoms with Gasteiger partial charge in [-0.25, -0.2) is 4.39 Å². The minimum atomic E-state index is -0.288. The highest BCUT2D eigenvalue weighted by Crippen LogP contribution is 2.32. The second-order valence-electron chi connectivity index (χ2n) is 8.74. The van der Waals surface area contributed by atoms with Crippen molar-refractivity contribution in [3.63, 3.8) is 0 Å². The number of anilines is 2. The lowest BCUT2D eigenvalue weighted by Crippen LogP contribution is -2.47. The molecule has 0 radical (unpaired) electrons. The summed E-state index contributed by atoms with van der Waals surface area (Å²) in [4.78, 5) is 17.5. The maximum Gasteiger partial charge on any atom is 0.272 e. The Morgan fingerprint density at radius 1 is 0.861 bits per heavy atom. The average molecular weight is 486 g/mol. The molecule has 2 aliphatic heterocycles. The maximum atomic E-state index is 13.3. The molecule has 1 saturated heterocycles. The summed E-state index contributed by atoms with van der Waals surface area (Å²) in [7, 11) is 0. The average Bonchev–Trinajstić information content (AvgIpc) is 3.40. The van der Waals surface area contributed by atoms with Crippen LogP contribution in [0.5, 0.6) is 11.5 Å². The van der Waals surface area contributed by atoms with E-state index < -0.39 is 0 Å². The van der Waals surface area contributed by atoms with Gasteiger partial charge in [0.1, 0.15) is 5.82 Å². The molecule has 0 bridgehead atoms. The van der Waals surface area contributed by atoms with E-state index in [1.807, 2.05) is 42.5 Å². The van der Waals surface area contributed by atoms with Crippen LogP contribution >= 0.6 is 0 Å². The van der Waals surface area contributed by atoms with Gasteiger partial charge in [0.05, 0.1) is 0 Å². The highest BCUT2D eigenvalue weighted by atomic mass is 19.1. The molecule has 0 unspecified atom stereocenters. The third-order valence-corrected chi connectivity index (χ3v) is 6.54. The lowest BCUT2D eigenvalue weighted by atomic mass is 10.1. The van der Waals surface area contributed by atoms with Gasteiger partial charge in [-0.2, -0.15) is 0 Å². The van der Waals surface area contributed by atoms with Crippen molar-refractivity contribution < 1.29 is 18.7 Å². The summed E-state index contributed by atoms with van der Waals surface area (Å²) in [5.41, 5.74) is 2.20. The van der Waals surface area contributed by atoms with Crippen LogP contribution in [-0.4, -0.2) is 49.1 Å². The number of nitrogens with one attached hydrogen (secondary N) is 1. The van der Waals surface area contributed by atoms with Gasteiger partial charge in [0.2, 0.25) is 6.79 Å². The van der Waals surface area contributed by atoms with E-state index in [1.54, 1.807) is 12.1 Å². The van der Waals surface area contributed by atoms with Gasteiger partial charge >= 0.3 is 0 Å². The molecule has 4 aromatic rings. The van der Waals surface area contributed by atoms with Crippen LogP contribution in [0, 0.1) is 5.82 Å². The Labute approximate surface area is 207 Å². The molecule has 6 rings (SSSR count). The van der Waals surface area contributed by atoms with Crippen molar-refractivity contribution >= 4 is 28.2 Å². The molecule has 0 atom stereocenters. The molecule has 9 heteroatoms. The zero-order valence-electron chi connectivity index (χ0n) is 19.5. The van der Waals surface area contributed by atoms with E-state index in [-0.39, 0.29) is 18.5 Å². The summed E-state index contributed by atoms with van der Waals surface area (Å²) in [5, 5.41) is 13.4. The SMILES string of the molecule is O=C(NCc1ccc2c(c1)OCO2)c1nnc(N2CCN(c3ccc(F)cc3)CC2)c2ccccc12. The van der Waals surface area contributed by atoms with Crippen LogP contribution in [0.25, 0.3) is 10.8 Å². The smallest absolute Gasteiger partial charge is 0.272 e. The molecule has 0 saturated carbocycles. The normalized spacial score (nSPS) is 14.8. The number of halogens is 1. The number of fused-ring (bicyclic) bond motifs is 2. The monoisotopic (exact) mass is 485 g/mol. The second kappa shape index (κ2) is 9.33. The Morgan fingerprint density at radius 3 is 2.39 bits per heavy atom. The number of hydrogen-bond acceptors (Lipinski definition) is 7. The van der Waals surface area contributed by atoms with Crippen molar-refractivity contribution in [1.82, 2.24) is 15.5 Å². The van der Waals surface area contributed by atoms with Crippen molar-refractivity contribution in [2.45, 2.75) is 6.54 Å². The molecule has 2 aliphatic rings. The van der Waals surface area contributed by atoms with Crippen molar-refractivity contribution in [3.8, 4) is 11.5 Å². The number of hydrogen-bond donors (Lipinski definition) is 1. The van der Waals surface area contributed by atoms with Gasteiger partial charge < -0.3 is 24.6 Å². The Morgan fingerprint density at radius 2 is 1.58 bits per heavy atom. The van der Waals surface area contributed by atoms with Crippen LogP contribution in [0.1, 0.15) is 16.1 Å². The molecule has 182 valence electrons. The van der Waals surface area contributed by atoms with Crippen LogP contribution in [-0.2, 0) is 6.54 Å². The molecular formula is C27H24FN5O3. The molecule has 1 N–H and O–H groups in total. The first-order valence-corrected chi connectivity index (χ1v) is 11.8. The fraction of sp³-hybridized carbons (Fsp3) is 0.222. The fourth-order valence-electron chi connectivity index (χ4n) is 4.64. The molecule has 0 spiro atoms. The Hall–Kier alpha value is -4.40. The molecule has 3 aromatic carbocycles. The quantitative estimate of drug-likeness (QED) is 0.461. The molecule has 0 aliphatic carbocycles. The summed E-state index contributed by atoms with van der Waals surface area (Å²) in [6, 6.07) is 19.9. The standard InChI is InChI=1S/C27H24FN5O3/c28-19-6-8-20(9-7-19)32-11-13-33(14-12-32)26-22-4-2-1-3-21(22)25(30-31-26)27(34)29-16-18-5-10-23-24(15-18)36-17-35-23/h1-10,15H,11-14,16-17H2,(H,29,34). The number of amides is 1. The first kappa shape index (κ1) is 22.1. The molecule has 1 aromatic heterocycles. The van der Waals surface area contributed by atoms with E-state index >= 15 is 0 Å². The Kier molecular flexibility index (Phi) is 5.73. The van der Waals surface area contributed by atoms with E-state index in [1.165, 1.54) is 12.1 Å². The van der Waals surface area contributed by atoms with Crippen LogP contribution < -0.4 is 24.6 Å².